The molecule has 1 atom stereocenters. The fourth-order valence-electron chi connectivity index (χ4n) is 10.0. The number of carbonyl (C=O) groups is 3. The lowest BCUT2D eigenvalue weighted by Gasteiger charge is -2.18. The van der Waals surface area contributed by atoms with E-state index in [9.17, 15) is 14.4 Å². The van der Waals surface area contributed by atoms with Crippen LogP contribution in [0, 0.1) is 0 Å². The van der Waals surface area contributed by atoms with Crippen molar-refractivity contribution in [2.24, 2.45) is 0 Å². The Bertz CT molecular complexity index is 1040. The lowest BCUT2D eigenvalue weighted by molar-refractivity contribution is -0.167. The minimum Gasteiger partial charge on any atom is -0.462 e. The first-order chi connectivity index (χ1) is 34.5. The van der Waals surface area contributed by atoms with Gasteiger partial charge in [0.1, 0.15) is 13.2 Å². The highest BCUT2D eigenvalue weighted by atomic mass is 16.6. The van der Waals surface area contributed by atoms with Crippen molar-refractivity contribution in [3.05, 3.63) is 0 Å². The van der Waals surface area contributed by atoms with Crippen LogP contribution in [-0.2, 0) is 28.6 Å². The van der Waals surface area contributed by atoms with E-state index in [0.29, 0.717) is 19.3 Å². The lowest BCUT2D eigenvalue weighted by atomic mass is 10.0. The molecule has 0 radical (unpaired) electrons. The number of esters is 3. The monoisotopic (exact) mass is 989 g/mol. The van der Waals surface area contributed by atoms with Crippen molar-refractivity contribution >= 4 is 17.9 Å². The van der Waals surface area contributed by atoms with E-state index in [2.05, 4.69) is 20.8 Å². The molecule has 0 aliphatic carbocycles. The molecule has 416 valence electrons. The summed E-state index contributed by atoms with van der Waals surface area (Å²) >= 11 is 0. The van der Waals surface area contributed by atoms with Crippen LogP contribution in [0.5, 0.6) is 0 Å². The molecule has 6 nitrogen and oxygen atoms in total. The maximum atomic E-state index is 12.8. The Morgan fingerprint density at radius 2 is 0.386 bits per heavy atom. The van der Waals surface area contributed by atoms with Crippen LogP contribution in [0.15, 0.2) is 0 Å². The molecular weight excluding hydrogens is 865 g/mol. The number of carbonyl (C=O) groups excluding carboxylic acids is 3. The molecule has 0 saturated heterocycles. The summed E-state index contributed by atoms with van der Waals surface area (Å²) in [4.78, 5) is 37.9. The quantitative estimate of drug-likeness (QED) is 0.0343. The van der Waals surface area contributed by atoms with Crippen LogP contribution in [0.3, 0.4) is 0 Å². The van der Waals surface area contributed by atoms with E-state index < -0.39 is 6.10 Å². The first-order valence-corrected chi connectivity index (χ1v) is 32.0. The van der Waals surface area contributed by atoms with Gasteiger partial charge in [-0.2, -0.15) is 0 Å². The van der Waals surface area contributed by atoms with Crippen molar-refractivity contribution in [1.29, 1.82) is 0 Å². The van der Waals surface area contributed by atoms with Crippen LogP contribution in [-0.4, -0.2) is 37.2 Å². The van der Waals surface area contributed by atoms with E-state index in [1.165, 1.54) is 276 Å². The van der Waals surface area contributed by atoms with Crippen LogP contribution in [0.1, 0.15) is 374 Å². The van der Waals surface area contributed by atoms with E-state index in [-0.39, 0.29) is 31.1 Å². The molecule has 0 saturated carbocycles. The van der Waals surface area contributed by atoms with Crippen LogP contribution in [0.2, 0.25) is 0 Å². The smallest absolute Gasteiger partial charge is 0.306 e. The molecule has 70 heavy (non-hydrogen) atoms. The van der Waals surface area contributed by atoms with Crippen molar-refractivity contribution < 1.29 is 28.6 Å². The van der Waals surface area contributed by atoms with Gasteiger partial charge in [0.25, 0.3) is 0 Å². The van der Waals surface area contributed by atoms with Gasteiger partial charge in [0.05, 0.1) is 0 Å². The molecule has 0 aromatic carbocycles. The molecule has 0 fully saturated rings. The minimum absolute atomic E-state index is 0.0620. The van der Waals surface area contributed by atoms with Gasteiger partial charge in [0.15, 0.2) is 6.10 Å². The SMILES string of the molecule is CCCCCCCCCCCCCCCCCCCCCCCCCCCCCCCCCCC(=O)OCC(COC(=O)CCCCCCCCC)OC(=O)CCCCCCCCCCCCCCC. The average molecular weight is 990 g/mol. The number of ether oxygens (including phenoxy) is 3. The third kappa shape index (κ3) is 57.3. The molecule has 0 heterocycles. The van der Waals surface area contributed by atoms with E-state index in [1.807, 2.05) is 0 Å². The first kappa shape index (κ1) is 68.4. The van der Waals surface area contributed by atoms with Gasteiger partial charge in [0, 0.05) is 19.3 Å². The molecule has 0 N–H and O–H groups in total. The molecule has 1 unspecified atom stereocenters. The fourth-order valence-corrected chi connectivity index (χ4v) is 10.0. The molecule has 0 aromatic heterocycles. The molecule has 0 bridgehead atoms. The first-order valence-electron chi connectivity index (χ1n) is 32.0. The zero-order chi connectivity index (χ0) is 50.7. The van der Waals surface area contributed by atoms with Crippen LogP contribution < -0.4 is 0 Å². The van der Waals surface area contributed by atoms with Gasteiger partial charge in [-0.25, -0.2) is 0 Å². The Hall–Kier alpha value is -1.59. The van der Waals surface area contributed by atoms with Crippen molar-refractivity contribution in [2.75, 3.05) is 13.2 Å². The highest BCUT2D eigenvalue weighted by molar-refractivity contribution is 5.71. The van der Waals surface area contributed by atoms with Crippen molar-refractivity contribution in [1.82, 2.24) is 0 Å². The summed E-state index contributed by atoms with van der Waals surface area (Å²) in [6.45, 7) is 6.66. The minimum atomic E-state index is -0.760. The van der Waals surface area contributed by atoms with Gasteiger partial charge < -0.3 is 14.2 Å². The Kier molecular flexibility index (Phi) is 58.6. The molecule has 0 aromatic rings. The topological polar surface area (TPSA) is 78.9 Å². The number of unbranched alkanes of at least 4 members (excludes halogenated alkanes) is 49. The van der Waals surface area contributed by atoms with Crippen LogP contribution in [0.25, 0.3) is 0 Å². The molecule has 6 heteroatoms. The molecule has 0 aliphatic heterocycles. The van der Waals surface area contributed by atoms with E-state index in [0.717, 1.165) is 57.8 Å². The largest absolute Gasteiger partial charge is 0.462 e. The normalized spacial score (nSPS) is 11.9. The highest BCUT2D eigenvalue weighted by Gasteiger charge is 2.19. The van der Waals surface area contributed by atoms with E-state index in [1.54, 1.807) is 0 Å². The third-order valence-electron chi connectivity index (χ3n) is 14.9. The van der Waals surface area contributed by atoms with Gasteiger partial charge in [-0.15, -0.1) is 0 Å². The van der Waals surface area contributed by atoms with Gasteiger partial charge in [-0.05, 0) is 19.3 Å². The second kappa shape index (κ2) is 60.0. The Morgan fingerprint density at radius 3 is 0.571 bits per heavy atom. The van der Waals surface area contributed by atoms with Gasteiger partial charge >= 0.3 is 17.9 Å². The van der Waals surface area contributed by atoms with Crippen LogP contribution in [0.4, 0.5) is 0 Å². The fraction of sp³-hybridized carbons (Fsp3) is 0.953. The summed E-state index contributed by atoms with van der Waals surface area (Å²) in [7, 11) is 0. The van der Waals surface area contributed by atoms with E-state index >= 15 is 0 Å². The van der Waals surface area contributed by atoms with Crippen molar-refractivity contribution in [2.45, 2.75) is 380 Å². The number of rotatable bonds is 60. The summed E-state index contributed by atoms with van der Waals surface area (Å²) in [5.74, 6) is -0.843. The molecular formula is C64H124O6. The summed E-state index contributed by atoms with van der Waals surface area (Å²) in [6.07, 6.45) is 68.8. The second-order valence-corrected chi connectivity index (χ2v) is 22.1. The number of hydrogen-bond acceptors (Lipinski definition) is 6. The zero-order valence-corrected chi connectivity index (χ0v) is 47.8. The van der Waals surface area contributed by atoms with Gasteiger partial charge in [-0.3, -0.25) is 14.4 Å². The summed E-state index contributed by atoms with van der Waals surface area (Å²) in [5.41, 5.74) is 0. The molecule has 0 aliphatic rings. The van der Waals surface area contributed by atoms with Crippen molar-refractivity contribution in [3.63, 3.8) is 0 Å². The Balaban J connectivity index is 3.89. The third-order valence-corrected chi connectivity index (χ3v) is 14.9. The molecule has 0 rings (SSSR count). The summed E-state index contributed by atoms with van der Waals surface area (Å²) < 4.78 is 16.8. The second-order valence-electron chi connectivity index (χ2n) is 22.1. The Labute approximate surface area is 438 Å². The highest BCUT2D eigenvalue weighted by Crippen LogP contribution is 2.19. The maximum absolute atomic E-state index is 12.8. The lowest BCUT2D eigenvalue weighted by Crippen LogP contribution is -2.30. The summed E-state index contributed by atoms with van der Waals surface area (Å²) in [6, 6.07) is 0. The number of hydrogen-bond donors (Lipinski definition) is 0. The predicted molar refractivity (Wildman–Crippen MR) is 303 cm³/mol. The standard InChI is InChI=1S/C64H124O6/c1-4-7-10-13-16-18-20-22-23-24-25-26-27-28-29-30-31-32-33-34-35-36-37-38-39-40-42-43-45-48-51-54-57-63(66)69-60-61(59-68-62(65)56-53-50-47-15-12-9-6-3)70-64(67)58-55-52-49-46-44-41-21-19-17-14-11-8-5-2/h61H,4-60H2,1-3H3. The maximum Gasteiger partial charge on any atom is 0.306 e. The summed E-state index contributed by atoms with van der Waals surface area (Å²) in [5, 5.41) is 0. The van der Waals surface area contributed by atoms with Crippen molar-refractivity contribution in [3.8, 4) is 0 Å². The molecule has 0 spiro atoms. The predicted octanol–water partition coefficient (Wildman–Crippen LogP) is 21.5. The van der Waals surface area contributed by atoms with E-state index in [4.69, 9.17) is 14.2 Å². The van der Waals surface area contributed by atoms with Gasteiger partial charge in [-0.1, -0.05) is 335 Å². The van der Waals surface area contributed by atoms with Gasteiger partial charge in [0.2, 0.25) is 0 Å². The molecule has 0 amide bonds. The average Bonchev–Trinajstić information content (AvgIpc) is 3.36. The van der Waals surface area contributed by atoms with Crippen LogP contribution >= 0.6 is 0 Å². The Morgan fingerprint density at radius 1 is 0.229 bits per heavy atom. The zero-order valence-electron chi connectivity index (χ0n) is 47.8.